The fourth-order valence-electron chi connectivity index (χ4n) is 4.38. The van der Waals surface area contributed by atoms with Crippen molar-refractivity contribution < 1.29 is 22.4 Å². The lowest BCUT2D eigenvalue weighted by Gasteiger charge is -2.33. The van der Waals surface area contributed by atoms with E-state index in [0.717, 1.165) is 21.0 Å². The third-order valence-electron chi connectivity index (χ3n) is 7.00. The largest absolute Gasteiger partial charge is 0.354 e. The summed E-state index contributed by atoms with van der Waals surface area (Å²) in [6.07, 6.45) is 0.311. The summed E-state index contributed by atoms with van der Waals surface area (Å²) < 4.78 is 42.7. The zero-order valence-electron chi connectivity index (χ0n) is 24.6. The Hall–Kier alpha value is -3.72. The van der Waals surface area contributed by atoms with Crippen molar-refractivity contribution in [2.45, 2.75) is 65.4 Å². The molecule has 7 nitrogen and oxygen atoms in total. The van der Waals surface area contributed by atoms with E-state index in [1.54, 1.807) is 43.3 Å². The van der Waals surface area contributed by atoms with Crippen molar-refractivity contribution in [1.82, 2.24) is 10.2 Å². The van der Waals surface area contributed by atoms with Gasteiger partial charge in [-0.2, -0.15) is 0 Å². The van der Waals surface area contributed by atoms with Crippen LogP contribution in [0.4, 0.5) is 10.1 Å². The number of sulfonamides is 1. The van der Waals surface area contributed by atoms with Gasteiger partial charge < -0.3 is 10.2 Å². The van der Waals surface area contributed by atoms with Crippen LogP contribution in [-0.2, 0) is 26.2 Å². The maximum atomic E-state index is 14.1. The number of halogens is 1. The molecule has 9 heteroatoms. The maximum absolute atomic E-state index is 14.1. The molecule has 0 saturated heterocycles. The van der Waals surface area contributed by atoms with E-state index in [1.165, 1.54) is 29.2 Å². The predicted octanol–water partition coefficient (Wildman–Crippen LogP) is 5.53. The summed E-state index contributed by atoms with van der Waals surface area (Å²) in [5.74, 6) is -1.08. The van der Waals surface area contributed by atoms with E-state index in [9.17, 15) is 22.4 Å². The summed E-state index contributed by atoms with van der Waals surface area (Å²) in [4.78, 5) is 28.8. The van der Waals surface area contributed by atoms with Gasteiger partial charge in [-0.3, -0.25) is 13.9 Å². The van der Waals surface area contributed by atoms with Crippen molar-refractivity contribution in [3.8, 4) is 0 Å². The second-order valence-corrected chi connectivity index (χ2v) is 12.7. The number of amides is 2. The molecule has 0 aromatic heterocycles. The first-order valence-corrected chi connectivity index (χ1v) is 15.3. The fraction of sp³-hybridized carbons (Fsp3) is 0.375. The van der Waals surface area contributed by atoms with E-state index in [1.807, 2.05) is 40.7 Å². The van der Waals surface area contributed by atoms with Gasteiger partial charge in [-0.15, -0.1) is 0 Å². The molecule has 1 atom stereocenters. The lowest BCUT2D eigenvalue weighted by Crippen LogP contribution is -2.52. The van der Waals surface area contributed by atoms with E-state index in [-0.39, 0.29) is 23.3 Å². The van der Waals surface area contributed by atoms with Crippen LogP contribution in [0.15, 0.2) is 71.6 Å². The van der Waals surface area contributed by atoms with E-state index in [0.29, 0.717) is 24.2 Å². The van der Waals surface area contributed by atoms with Crippen LogP contribution in [0, 0.1) is 32.5 Å². The Labute approximate surface area is 243 Å². The van der Waals surface area contributed by atoms with Gasteiger partial charge >= 0.3 is 0 Å². The molecular formula is C32H40FN3O4S. The number of aryl methyl sites for hydroxylation is 3. The first-order valence-electron chi connectivity index (χ1n) is 13.8. The van der Waals surface area contributed by atoms with Gasteiger partial charge in [0.05, 0.1) is 10.6 Å². The van der Waals surface area contributed by atoms with Crippen LogP contribution in [0.2, 0.25) is 0 Å². The average Bonchev–Trinajstić information content (AvgIpc) is 2.93. The van der Waals surface area contributed by atoms with E-state index >= 15 is 0 Å². The predicted molar refractivity (Wildman–Crippen MR) is 161 cm³/mol. The standard InChI is InChI=1S/C32H40FN3O4S/c1-7-30(32(38)34-19-22(2)3)35(20-26-11-13-27(33)14-12-26)31(37)21-36(28-15-10-24(5)25(6)18-28)41(39,40)29-16-8-23(4)9-17-29/h8-18,22,30H,7,19-21H2,1-6H3,(H,34,38). The Morgan fingerprint density at radius 1 is 0.902 bits per heavy atom. The molecule has 0 fully saturated rings. The Bertz CT molecular complexity index is 1460. The minimum Gasteiger partial charge on any atom is -0.354 e. The monoisotopic (exact) mass is 581 g/mol. The molecule has 3 rings (SSSR count). The molecule has 3 aromatic rings. The van der Waals surface area contributed by atoms with Crippen LogP contribution < -0.4 is 9.62 Å². The average molecular weight is 582 g/mol. The number of carbonyl (C=O) groups excluding carboxylic acids is 2. The first kappa shape index (κ1) is 31.8. The zero-order chi connectivity index (χ0) is 30.3. The number of nitrogens with zero attached hydrogens (tertiary/aromatic N) is 2. The smallest absolute Gasteiger partial charge is 0.264 e. The molecule has 1 N–H and O–H groups in total. The third-order valence-corrected chi connectivity index (χ3v) is 8.79. The van der Waals surface area contributed by atoms with Crippen LogP contribution in [0.25, 0.3) is 0 Å². The van der Waals surface area contributed by atoms with Crippen LogP contribution >= 0.6 is 0 Å². The summed E-state index contributed by atoms with van der Waals surface area (Å²) in [5.41, 5.74) is 3.73. The Balaban J connectivity index is 2.06. The second-order valence-electron chi connectivity index (χ2n) is 10.8. The summed E-state index contributed by atoms with van der Waals surface area (Å²) in [6, 6.07) is 16.5. The summed E-state index contributed by atoms with van der Waals surface area (Å²) in [7, 11) is -4.15. The number of nitrogens with one attached hydrogen (secondary N) is 1. The number of anilines is 1. The van der Waals surface area contributed by atoms with Crippen LogP contribution in [0.3, 0.4) is 0 Å². The van der Waals surface area contributed by atoms with Crippen molar-refractivity contribution in [2.75, 3.05) is 17.4 Å². The third kappa shape index (κ3) is 8.16. The Morgan fingerprint density at radius 2 is 1.54 bits per heavy atom. The van der Waals surface area contributed by atoms with Gasteiger partial charge in [0.2, 0.25) is 11.8 Å². The van der Waals surface area contributed by atoms with E-state index < -0.39 is 34.3 Å². The topological polar surface area (TPSA) is 86.8 Å². The molecule has 0 radical (unpaired) electrons. The molecule has 0 aliphatic rings. The van der Waals surface area contributed by atoms with Crippen molar-refractivity contribution in [1.29, 1.82) is 0 Å². The van der Waals surface area contributed by atoms with Gasteiger partial charge in [0.1, 0.15) is 18.4 Å². The first-order chi connectivity index (χ1) is 19.3. The quantitative estimate of drug-likeness (QED) is 0.305. The molecule has 0 saturated carbocycles. The molecule has 0 bridgehead atoms. The highest BCUT2D eigenvalue weighted by Gasteiger charge is 2.33. The minimum atomic E-state index is -4.15. The molecular weight excluding hydrogens is 541 g/mol. The molecule has 3 aromatic carbocycles. The fourth-order valence-corrected chi connectivity index (χ4v) is 5.78. The van der Waals surface area contributed by atoms with Crippen molar-refractivity contribution in [3.05, 3.63) is 94.8 Å². The normalized spacial score (nSPS) is 12.2. The number of rotatable bonds is 12. The molecule has 0 aliphatic carbocycles. The van der Waals surface area contributed by atoms with Gasteiger partial charge in [0.25, 0.3) is 10.0 Å². The SMILES string of the molecule is CCC(C(=O)NCC(C)C)N(Cc1ccc(F)cc1)C(=O)CN(c1ccc(C)c(C)c1)S(=O)(=O)c1ccc(C)cc1. The zero-order valence-corrected chi connectivity index (χ0v) is 25.5. The molecule has 2 amide bonds. The van der Waals surface area contributed by atoms with Crippen molar-refractivity contribution in [3.63, 3.8) is 0 Å². The summed E-state index contributed by atoms with van der Waals surface area (Å²) in [6.45, 7) is 11.3. The highest BCUT2D eigenvalue weighted by Crippen LogP contribution is 2.27. The minimum absolute atomic E-state index is 0.0120. The molecule has 1 unspecified atom stereocenters. The summed E-state index contributed by atoms with van der Waals surface area (Å²) in [5, 5.41) is 2.90. The van der Waals surface area contributed by atoms with Gasteiger partial charge in [-0.1, -0.05) is 56.7 Å². The number of benzene rings is 3. The summed E-state index contributed by atoms with van der Waals surface area (Å²) >= 11 is 0. The Morgan fingerprint density at radius 3 is 2.10 bits per heavy atom. The van der Waals surface area contributed by atoms with Crippen molar-refractivity contribution in [2.24, 2.45) is 5.92 Å². The van der Waals surface area contributed by atoms with Crippen LogP contribution in [0.1, 0.15) is 49.4 Å². The number of carbonyl (C=O) groups is 2. The lowest BCUT2D eigenvalue weighted by molar-refractivity contribution is -0.140. The molecule has 220 valence electrons. The van der Waals surface area contributed by atoms with E-state index in [2.05, 4.69) is 5.32 Å². The number of hydrogen-bond acceptors (Lipinski definition) is 4. The molecule has 0 aliphatic heterocycles. The van der Waals surface area contributed by atoms with Gasteiger partial charge in [-0.25, -0.2) is 12.8 Å². The Kier molecular flexibility index (Phi) is 10.7. The van der Waals surface area contributed by atoms with Crippen LogP contribution in [-0.4, -0.2) is 44.3 Å². The van der Waals surface area contributed by atoms with Crippen molar-refractivity contribution >= 4 is 27.5 Å². The lowest BCUT2D eigenvalue weighted by atomic mass is 10.1. The van der Waals surface area contributed by atoms with Gasteiger partial charge in [0.15, 0.2) is 0 Å². The molecule has 0 spiro atoms. The van der Waals surface area contributed by atoms with Gasteiger partial charge in [-0.05, 0) is 86.2 Å². The molecule has 41 heavy (non-hydrogen) atoms. The highest BCUT2D eigenvalue weighted by molar-refractivity contribution is 7.92. The van der Waals surface area contributed by atoms with E-state index in [4.69, 9.17) is 0 Å². The molecule has 0 heterocycles. The van der Waals surface area contributed by atoms with Gasteiger partial charge in [0, 0.05) is 13.1 Å². The second kappa shape index (κ2) is 13.8. The van der Waals surface area contributed by atoms with Crippen LogP contribution in [0.5, 0.6) is 0 Å². The highest BCUT2D eigenvalue weighted by atomic mass is 32.2. The number of hydrogen-bond donors (Lipinski definition) is 1. The maximum Gasteiger partial charge on any atom is 0.264 e.